The van der Waals surface area contributed by atoms with Crippen molar-refractivity contribution in [3.63, 3.8) is 0 Å². The van der Waals surface area contributed by atoms with Gasteiger partial charge in [0.15, 0.2) is 0 Å². The van der Waals surface area contributed by atoms with Gasteiger partial charge >= 0.3 is 0 Å². The Labute approximate surface area is 70.1 Å². The minimum absolute atomic E-state index is 0.395. The molecule has 0 aliphatic carbocycles. The molecule has 0 radical (unpaired) electrons. The van der Waals surface area contributed by atoms with Crippen LogP contribution in [0.4, 0.5) is 0 Å². The maximum Gasteiger partial charge on any atom is 0.0583 e. The molecule has 0 bridgehead atoms. The highest BCUT2D eigenvalue weighted by molar-refractivity contribution is 4.57. The summed E-state index contributed by atoms with van der Waals surface area (Å²) in [6.07, 6.45) is 6.42. The average Bonchev–Trinajstić information content (AvgIpc) is 2.03. The minimum Gasteiger partial charge on any atom is -0.381 e. The Hall–Kier alpha value is -0.0800. The van der Waals surface area contributed by atoms with E-state index in [2.05, 4.69) is 6.92 Å². The van der Waals surface area contributed by atoms with Gasteiger partial charge in [0, 0.05) is 7.11 Å². The monoisotopic (exact) mass is 159 g/mol. The van der Waals surface area contributed by atoms with Crippen molar-refractivity contribution < 1.29 is 4.74 Å². The quantitative estimate of drug-likeness (QED) is 0.576. The van der Waals surface area contributed by atoms with Crippen LogP contribution in [0.3, 0.4) is 0 Å². The van der Waals surface area contributed by atoms with Crippen molar-refractivity contribution in [3.05, 3.63) is 0 Å². The van der Waals surface area contributed by atoms with Crippen molar-refractivity contribution in [2.45, 2.75) is 45.1 Å². The van der Waals surface area contributed by atoms with Crippen LogP contribution in [0.2, 0.25) is 0 Å². The summed E-state index contributed by atoms with van der Waals surface area (Å²) in [7, 11) is 1.77. The first-order valence-electron chi connectivity index (χ1n) is 4.58. The SMILES string of the molecule is CCCCCC(CCN)OC. The molecular weight excluding hydrogens is 138 g/mol. The van der Waals surface area contributed by atoms with Crippen LogP contribution in [0.25, 0.3) is 0 Å². The molecule has 1 unspecified atom stereocenters. The third-order valence-electron chi connectivity index (χ3n) is 1.95. The standard InChI is InChI=1S/C9H21NO/c1-3-4-5-6-9(11-2)7-8-10/h9H,3-8,10H2,1-2H3. The van der Waals surface area contributed by atoms with Gasteiger partial charge in [-0.2, -0.15) is 0 Å². The van der Waals surface area contributed by atoms with Gasteiger partial charge < -0.3 is 10.5 Å². The van der Waals surface area contributed by atoms with Crippen LogP contribution < -0.4 is 5.73 Å². The Morgan fingerprint density at radius 2 is 2.00 bits per heavy atom. The number of hydrogen-bond donors (Lipinski definition) is 1. The van der Waals surface area contributed by atoms with Crippen molar-refractivity contribution in [2.24, 2.45) is 5.73 Å². The Morgan fingerprint density at radius 1 is 1.27 bits per heavy atom. The van der Waals surface area contributed by atoms with Gasteiger partial charge in [0.2, 0.25) is 0 Å². The van der Waals surface area contributed by atoms with Crippen LogP contribution in [0, 0.1) is 0 Å². The lowest BCUT2D eigenvalue weighted by molar-refractivity contribution is 0.0877. The summed E-state index contributed by atoms with van der Waals surface area (Å²) in [4.78, 5) is 0. The molecule has 11 heavy (non-hydrogen) atoms. The fourth-order valence-electron chi connectivity index (χ4n) is 1.19. The molecule has 0 aromatic carbocycles. The normalized spacial score (nSPS) is 13.4. The van der Waals surface area contributed by atoms with E-state index in [4.69, 9.17) is 10.5 Å². The van der Waals surface area contributed by atoms with Crippen molar-refractivity contribution in [1.29, 1.82) is 0 Å². The van der Waals surface area contributed by atoms with Gasteiger partial charge in [0.1, 0.15) is 0 Å². The number of methoxy groups -OCH3 is 1. The van der Waals surface area contributed by atoms with E-state index in [0.29, 0.717) is 6.10 Å². The van der Waals surface area contributed by atoms with Gasteiger partial charge in [-0.3, -0.25) is 0 Å². The van der Waals surface area contributed by atoms with Gasteiger partial charge in [-0.05, 0) is 19.4 Å². The maximum atomic E-state index is 5.43. The number of ether oxygens (including phenoxy) is 1. The molecule has 2 nitrogen and oxygen atoms in total. The van der Waals surface area contributed by atoms with Crippen molar-refractivity contribution in [1.82, 2.24) is 0 Å². The molecule has 0 saturated carbocycles. The van der Waals surface area contributed by atoms with Gasteiger partial charge in [-0.15, -0.1) is 0 Å². The molecule has 0 saturated heterocycles. The summed E-state index contributed by atoms with van der Waals surface area (Å²) in [5.41, 5.74) is 5.43. The van der Waals surface area contributed by atoms with Crippen LogP contribution in [0.1, 0.15) is 39.0 Å². The fourth-order valence-corrected chi connectivity index (χ4v) is 1.19. The number of rotatable bonds is 7. The molecule has 0 fully saturated rings. The maximum absolute atomic E-state index is 5.43. The molecule has 0 rings (SSSR count). The number of unbranched alkanes of at least 4 members (excludes halogenated alkanes) is 2. The molecule has 0 aliphatic rings. The lowest BCUT2D eigenvalue weighted by Crippen LogP contribution is -2.15. The summed E-state index contributed by atoms with van der Waals surface area (Å²) < 4.78 is 5.26. The van der Waals surface area contributed by atoms with Crippen LogP contribution in [-0.2, 0) is 4.74 Å². The van der Waals surface area contributed by atoms with E-state index in [1.807, 2.05) is 0 Å². The van der Waals surface area contributed by atoms with Gasteiger partial charge in [0.25, 0.3) is 0 Å². The van der Waals surface area contributed by atoms with Crippen molar-refractivity contribution in [2.75, 3.05) is 13.7 Å². The Bertz CT molecular complexity index is 76.0. The van der Waals surface area contributed by atoms with Gasteiger partial charge in [-0.1, -0.05) is 26.2 Å². The zero-order valence-electron chi connectivity index (χ0n) is 7.81. The summed E-state index contributed by atoms with van der Waals surface area (Å²) in [5, 5.41) is 0. The molecule has 0 spiro atoms. The minimum atomic E-state index is 0.395. The third-order valence-corrected chi connectivity index (χ3v) is 1.95. The Kier molecular flexibility index (Phi) is 7.96. The lowest BCUT2D eigenvalue weighted by Gasteiger charge is -2.13. The van der Waals surface area contributed by atoms with Crippen LogP contribution >= 0.6 is 0 Å². The Morgan fingerprint density at radius 3 is 2.45 bits per heavy atom. The molecule has 1 atom stereocenters. The smallest absolute Gasteiger partial charge is 0.0583 e. The predicted molar refractivity (Wildman–Crippen MR) is 48.6 cm³/mol. The molecule has 0 aromatic heterocycles. The molecule has 2 heteroatoms. The van der Waals surface area contributed by atoms with E-state index in [9.17, 15) is 0 Å². The average molecular weight is 159 g/mol. The highest BCUT2D eigenvalue weighted by atomic mass is 16.5. The predicted octanol–water partition coefficient (Wildman–Crippen LogP) is 1.93. The zero-order chi connectivity index (χ0) is 8.53. The van der Waals surface area contributed by atoms with E-state index in [0.717, 1.165) is 13.0 Å². The highest BCUT2D eigenvalue weighted by Crippen LogP contribution is 2.08. The van der Waals surface area contributed by atoms with Crippen LogP contribution in [-0.4, -0.2) is 19.8 Å². The first-order valence-corrected chi connectivity index (χ1v) is 4.58. The molecule has 0 amide bonds. The zero-order valence-corrected chi connectivity index (χ0v) is 7.81. The summed E-state index contributed by atoms with van der Waals surface area (Å²) in [6, 6.07) is 0. The number of nitrogens with two attached hydrogens (primary N) is 1. The van der Waals surface area contributed by atoms with E-state index in [1.54, 1.807) is 7.11 Å². The second-order valence-electron chi connectivity index (χ2n) is 2.93. The topological polar surface area (TPSA) is 35.2 Å². The summed E-state index contributed by atoms with van der Waals surface area (Å²) >= 11 is 0. The molecule has 2 N–H and O–H groups in total. The van der Waals surface area contributed by atoms with E-state index in [-0.39, 0.29) is 0 Å². The third kappa shape index (κ3) is 6.32. The van der Waals surface area contributed by atoms with Gasteiger partial charge in [-0.25, -0.2) is 0 Å². The van der Waals surface area contributed by atoms with Crippen LogP contribution in [0.15, 0.2) is 0 Å². The largest absolute Gasteiger partial charge is 0.381 e. The van der Waals surface area contributed by atoms with Gasteiger partial charge in [0.05, 0.1) is 6.10 Å². The molecule has 0 aromatic rings. The van der Waals surface area contributed by atoms with Crippen molar-refractivity contribution >= 4 is 0 Å². The molecule has 68 valence electrons. The van der Waals surface area contributed by atoms with Crippen molar-refractivity contribution in [3.8, 4) is 0 Å². The molecule has 0 aliphatic heterocycles. The lowest BCUT2D eigenvalue weighted by atomic mass is 10.1. The Balaban J connectivity index is 3.20. The van der Waals surface area contributed by atoms with Crippen LogP contribution in [0.5, 0.6) is 0 Å². The second kappa shape index (κ2) is 8.02. The fraction of sp³-hybridized carbons (Fsp3) is 1.00. The first kappa shape index (κ1) is 10.9. The molecule has 0 heterocycles. The first-order chi connectivity index (χ1) is 5.35. The van der Waals surface area contributed by atoms with E-state index >= 15 is 0 Å². The summed E-state index contributed by atoms with van der Waals surface area (Å²) in [5.74, 6) is 0. The van der Waals surface area contributed by atoms with E-state index in [1.165, 1.54) is 25.7 Å². The van der Waals surface area contributed by atoms with E-state index < -0.39 is 0 Å². The second-order valence-corrected chi connectivity index (χ2v) is 2.93. The summed E-state index contributed by atoms with van der Waals surface area (Å²) in [6.45, 7) is 2.95. The highest BCUT2D eigenvalue weighted by Gasteiger charge is 2.04. The molecular formula is C9H21NO. The number of hydrogen-bond acceptors (Lipinski definition) is 2.